The molecule has 0 spiro atoms. The molecule has 2 atom stereocenters. The summed E-state index contributed by atoms with van der Waals surface area (Å²) in [4.78, 5) is 27.8. The molecule has 0 bridgehead atoms. The van der Waals surface area contributed by atoms with Gasteiger partial charge in [0.1, 0.15) is 16.5 Å². The summed E-state index contributed by atoms with van der Waals surface area (Å²) in [6, 6.07) is 2.99. The number of sulfone groups is 1. The minimum Gasteiger partial charge on any atom is -0.444 e. The average Bonchev–Trinajstić information content (AvgIpc) is 3.36. The molecular formula is C20H23Cl2N3O5S. The maximum Gasteiger partial charge on any atom is 0.411 e. The quantitative estimate of drug-likeness (QED) is 0.473. The zero-order valence-electron chi connectivity index (χ0n) is 17.3. The summed E-state index contributed by atoms with van der Waals surface area (Å²) in [5.74, 6) is -0.612. The number of halogens is 2. The molecule has 0 N–H and O–H groups in total. The maximum absolute atomic E-state index is 13.3. The van der Waals surface area contributed by atoms with Crippen molar-refractivity contribution < 1.29 is 22.7 Å². The number of carbonyl (C=O) groups excluding carboxylic acids is 2. The van der Waals surface area contributed by atoms with Gasteiger partial charge < -0.3 is 4.74 Å². The molecule has 1 heterocycles. The van der Waals surface area contributed by atoms with Gasteiger partial charge in [0.05, 0.1) is 15.3 Å². The molecule has 2 fully saturated rings. The lowest BCUT2D eigenvalue weighted by Gasteiger charge is -2.29. The third-order valence-corrected chi connectivity index (χ3v) is 8.16. The van der Waals surface area contributed by atoms with Gasteiger partial charge in [0.15, 0.2) is 16.0 Å². The Kier molecular flexibility index (Phi) is 6.47. The number of amides is 2. The predicted molar refractivity (Wildman–Crippen MR) is 114 cm³/mol. The van der Waals surface area contributed by atoms with E-state index in [-0.39, 0.29) is 33.9 Å². The SMILES string of the molecule is CC(C)(C)OC(=O)N1C[C@H](S(=O)(=O)c2c(Cl)cccc2Cl)C[C@H]1C(=O)N(C#N)C1CC1. The van der Waals surface area contributed by atoms with Gasteiger partial charge in [-0.3, -0.25) is 9.69 Å². The molecule has 0 radical (unpaired) electrons. The topological polar surface area (TPSA) is 108 Å². The number of nitrogens with zero attached hydrogens (tertiary/aromatic N) is 3. The van der Waals surface area contributed by atoms with Gasteiger partial charge in [-0.05, 0) is 52.2 Å². The molecule has 2 amide bonds. The highest BCUT2D eigenvalue weighted by molar-refractivity contribution is 7.92. The van der Waals surface area contributed by atoms with E-state index in [4.69, 9.17) is 27.9 Å². The molecule has 2 aliphatic rings. The number of likely N-dealkylation sites (tertiary alicyclic amines) is 1. The van der Waals surface area contributed by atoms with Gasteiger partial charge in [-0.25, -0.2) is 18.1 Å². The van der Waals surface area contributed by atoms with E-state index in [2.05, 4.69) is 0 Å². The Bertz CT molecular complexity index is 1020. The third kappa shape index (κ3) is 4.92. The zero-order valence-corrected chi connectivity index (χ0v) is 19.7. The van der Waals surface area contributed by atoms with Crippen molar-refractivity contribution in [3.63, 3.8) is 0 Å². The van der Waals surface area contributed by atoms with Crippen LogP contribution in [0.5, 0.6) is 0 Å². The molecule has 1 aliphatic carbocycles. The molecule has 168 valence electrons. The van der Waals surface area contributed by atoms with Crippen LogP contribution in [0.3, 0.4) is 0 Å². The van der Waals surface area contributed by atoms with Gasteiger partial charge in [-0.1, -0.05) is 29.3 Å². The van der Waals surface area contributed by atoms with Gasteiger partial charge in [0.2, 0.25) is 0 Å². The number of nitriles is 1. The molecule has 1 aliphatic heterocycles. The van der Waals surface area contributed by atoms with E-state index in [0.29, 0.717) is 12.8 Å². The van der Waals surface area contributed by atoms with Crippen molar-refractivity contribution in [2.24, 2.45) is 0 Å². The van der Waals surface area contributed by atoms with Crippen molar-refractivity contribution in [2.45, 2.75) is 67.9 Å². The largest absolute Gasteiger partial charge is 0.444 e. The second-order valence-electron chi connectivity index (χ2n) is 8.64. The molecule has 11 heteroatoms. The summed E-state index contributed by atoms with van der Waals surface area (Å²) in [6.07, 6.45) is 2.24. The minimum atomic E-state index is -4.08. The maximum atomic E-state index is 13.3. The first-order valence-corrected chi connectivity index (χ1v) is 12.1. The van der Waals surface area contributed by atoms with Gasteiger partial charge in [0, 0.05) is 12.6 Å². The molecular weight excluding hydrogens is 465 g/mol. The summed E-state index contributed by atoms with van der Waals surface area (Å²) in [7, 11) is -4.08. The molecule has 1 saturated heterocycles. The summed E-state index contributed by atoms with van der Waals surface area (Å²) in [5.41, 5.74) is -0.848. The summed E-state index contributed by atoms with van der Waals surface area (Å²) in [6.45, 7) is 4.73. The second kappa shape index (κ2) is 8.49. The van der Waals surface area contributed by atoms with Crippen molar-refractivity contribution in [2.75, 3.05) is 6.54 Å². The monoisotopic (exact) mass is 487 g/mol. The normalized spacial score (nSPS) is 21.5. The smallest absolute Gasteiger partial charge is 0.411 e. The Morgan fingerprint density at radius 3 is 2.29 bits per heavy atom. The molecule has 31 heavy (non-hydrogen) atoms. The van der Waals surface area contributed by atoms with Crippen LogP contribution >= 0.6 is 23.2 Å². The Balaban J connectivity index is 1.96. The molecule has 1 aromatic rings. The van der Waals surface area contributed by atoms with E-state index in [1.54, 1.807) is 20.8 Å². The molecule has 0 unspecified atom stereocenters. The van der Waals surface area contributed by atoms with Crippen molar-refractivity contribution in [1.82, 2.24) is 9.80 Å². The third-order valence-electron chi connectivity index (χ3n) is 5.08. The Hall–Kier alpha value is -2.02. The predicted octanol–water partition coefficient (Wildman–Crippen LogP) is 3.62. The van der Waals surface area contributed by atoms with E-state index >= 15 is 0 Å². The van der Waals surface area contributed by atoms with Crippen LogP contribution in [-0.4, -0.2) is 59.7 Å². The number of carbonyl (C=O) groups is 2. The first-order chi connectivity index (χ1) is 14.4. The minimum absolute atomic E-state index is 0.0391. The Morgan fingerprint density at radius 2 is 1.81 bits per heavy atom. The standard InChI is InChI=1S/C20H23Cl2N3O5S/c1-20(2,3)30-19(27)24-10-13(9-16(24)18(26)25(11-23)12-7-8-12)31(28,29)17-14(21)5-4-6-15(17)22/h4-6,12-13,16H,7-10H2,1-3H3/t13-,16+/m1/s1. The van der Waals surface area contributed by atoms with Gasteiger partial charge >= 0.3 is 6.09 Å². The fourth-order valence-electron chi connectivity index (χ4n) is 3.50. The zero-order chi connectivity index (χ0) is 23.1. The Morgan fingerprint density at radius 1 is 1.23 bits per heavy atom. The van der Waals surface area contributed by atoms with Crippen molar-refractivity contribution in [3.05, 3.63) is 28.2 Å². The Labute approximate surface area is 191 Å². The first kappa shape index (κ1) is 23.6. The van der Waals surface area contributed by atoms with Crippen LogP contribution in [0.15, 0.2) is 23.1 Å². The lowest BCUT2D eigenvalue weighted by Crippen LogP contribution is -2.48. The summed E-state index contributed by atoms with van der Waals surface area (Å²) in [5, 5.41) is 8.21. The van der Waals surface area contributed by atoms with E-state index in [1.165, 1.54) is 18.2 Å². The van der Waals surface area contributed by atoms with E-state index in [0.717, 1.165) is 9.80 Å². The number of ether oxygens (including phenoxy) is 1. The number of rotatable bonds is 4. The molecule has 1 aromatic carbocycles. The van der Waals surface area contributed by atoms with E-state index < -0.39 is 38.7 Å². The van der Waals surface area contributed by atoms with Gasteiger partial charge in [-0.15, -0.1) is 0 Å². The fourth-order valence-corrected chi connectivity index (χ4v) is 6.35. The molecule has 1 saturated carbocycles. The molecule has 8 nitrogen and oxygen atoms in total. The van der Waals surface area contributed by atoms with Crippen molar-refractivity contribution in [3.8, 4) is 6.19 Å². The van der Waals surface area contributed by atoms with Gasteiger partial charge in [-0.2, -0.15) is 5.26 Å². The summed E-state index contributed by atoms with van der Waals surface area (Å²) >= 11 is 12.2. The first-order valence-electron chi connectivity index (χ1n) is 9.77. The van der Waals surface area contributed by atoms with Crippen molar-refractivity contribution in [1.29, 1.82) is 5.26 Å². The average molecular weight is 488 g/mol. The highest BCUT2D eigenvalue weighted by Gasteiger charge is 2.50. The van der Waals surface area contributed by atoms with E-state index in [1.807, 2.05) is 6.19 Å². The number of hydrogen-bond acceptors (Lipinski definition) is 6. The highest BCUT2D eigenvalue weighted by Crippen LogP contribution is 2.37. The molecule has 0 aromatic heterocycles. The van der Waals surface area contributed by atoms with Crippen LogP contribution < -0.4 is 0 Å². The number of benzene rings is 1. The fraction of sp³-hybridized carbons (Fsp3) is 0.550. The number of hydrogen-bond donors (Lipinski definition) is 0. The highest BCUT2D eigenvalue weighted by atomic mass is 35.5. The van der Waals surface area contributed by atoms with Gasteiger partial charge in [0.25, 0.3) is 5.91 Å². The van der Waals surface area contributed by atoms with Crippen LogP contribution in [-0.2, 0) is 19.4 Å². The lowest BCUT2D eigenvalue weighted by atomic mass is 10.2. The second-order valence-corrected chi connectivity index (χ2v) is 11.6. The van der Waals surface area contributed by atoms with Crippen LogP contribution in [0.4, 0.5) is 4.79 Å². The van der Waals surface area contributed by atoms with Crippen molar-refractivity contribution >= 4 is 45.0 Å². The molecule has 3 rings (SSSR count). The van der Waals surface area contributed by atoms with E-state index in [9.17, 15) is 23.3 Å². The van der Waals surface area contributed by atoms with Crippen LogP contribution in [0.25, 0.3) is 0 Å². The van der Waals surface area contributed by atoms with Crippen LogP contribution in [0.1, 0.15) is 40.0 Å². The van der Waals surface area contributed by atoms with Crippen LogP contribution in [0, 0.1) is 11.5 Å². The van der Waals surface area contributed by atoms with Crippen LogP contribution in [0.2, 0.25) is 10.0 Å². The lowest BCUT2D eigenvalue weighted by molar-refractivity contribution is -0.133. The summed E-state index contributed by atoms with van der Waals surface area (Å²) < 4.78 is 32.1.